The van der Waals surface area contributed by atoms with E-state index in [9.17, 15) is 0 Å². The van der Waals surface area contributed by atoms with Crippen LogP contribution in [-0.4, -0.2) is 13.2 Å². The molecule has 0 rings (SSSR count). The molecule has 0 bridgehead atoms. The molecule has 0 unspecified atom stereocenters. The lowest BCUT2D eigenvalue weighted by molar-refractivity contribution is 0.126. The fourth-order valence-corrected chi connectivity index (χ4v) is 2.49. The van der Waals surface area contributed by atoms with E-state index < -0.39 is 0 Å². The average molecular weight is 346 g/mol. The van der Waals surface area contributed by atoms with E-state index in [1.165, 1.54) is 70.6 Å². The molecule has 0 atom stereocenters. The van der Waals surface area contributed by atoms with Crippen LogP contribution in [0.4, 0.5) is 0 Å². The first-order valence-electron chi connectivity index (χ1n) is 8.56. The number of rotatable bonds is 16. The van der Waals surface area contributed by atoms with Crippen molar-refractivity contribution in [2.24, 2.45) is 0 Å². The van der Waals surface area contributed by atoms with Crippen LogP contribution >= 0.6 is 15.9 Å². The number of ether oxygens (including phenoxy) is 1. The van der Waals surface area contributed by atoms with Crippen LogP contribution in [0.25, 0.3) is 0 Å². The summed E-state index contributed by atoms with van der Waals surface area (Å²) in [6.45, 7) is 4.11. The van der Waals surface area contributed by atoms with Gasteiger partial charge in [0.25, 0.3) is 0 Å². The van der Waals surface area contributed by atoms with Crippen LogP contribution in [-0.2, 0) is 4.74 Å². The largest absolute Gasteiger partial charge is 0.381 e. The molecule has 0 spiro atoms. The second-order valence-corrected chi connectivity index (χ2v) is 6.05. The van der Waals surface area contributed by atoms with Crippen LogP contribution in [0.15, 0.2) is 12.2 Å². The van der Waals surface area contributed by atoms with E-state index in [1.807, 2.05) is 0 Å². The smallest absolute Gasteiger partial charge is 0.0466 e. The fraction of sp³-hybridized carbons (Fsp3) is 0.833. The Bertz CT molecular complexity index is 192. The van der Waals surface area contributed by atoms with Gasteiger partial charge < -0.3 is 4.74 Å². The monoisotopic (exact) mass is 345 g/mol. The summed E-state index contributed by atoms with van der Waals surface area (Å²) in [5.41, 5.74) is 0. The first-order valence-corrected chi connectivity index (χ1v) is 9.48. The van der Waals surface area contributed by atoms with Gasteiger partial charge in [-0.1, -0.05) is 73.5 Å². The van der Waals surface area contributed by atoms with Crippen molar-refractivity contribution in [3.63, 3.8) is 0 Å². The van der Waals surface area contributed by atoms with Crippen LogP contribution in [0.2, 0.25) is 0 Å². The van der Waals surface area contributed by atoms with E-state index >= 15 is 0 Å². The average Bonchev–Trinajstić information content (AvgIpc) is 2.47. The van der Waals surface area contributed by atoms with Gasteiger partial charge in [-0.15, -0.1) is 0 Å². The van der Waals surface area contributed by atoms with Crippen molar-refractivity contribution >= 4 is 15.9 Å². The molecule has 2 heteroatoms. The second kappa shape index (κ2) is 19.2. The molecule has 0 saturated carbocycles. The van der Waals surface area contributed by atoms with Gasteiger partial charge in [0.15, 0.2) is 0 Å². The molecule has 0 amide bonds. The number of hydrogen-bond acceptors (Lipinski definition) is 1. The maximum absolute atomic E-state index is 5.68. The SMILES string of the molecule is CC/C=C\CCCCCOCCCCCCCC[CH]Br. The van der Waals surface area contributed by atoms with Crippen LogP contribution in [0.3, 0.4) is 0 Å². The third kappa shape index (κ3) is 18.2. The molecule has 0 aromatic rings. The van der Waals surface area contributed by atoms with Crippen molar-refractivity contribution < 1.29 is 4.74 Å². The summed E-state index contributed by atoms with van der Waals surface area (Å²) in [5.74, 6) is 0. The van der Waals surface area contributed by atoms with Gasteiger partial charge in [0.05, 0.1) is 0 Å². The van der Waals surface area contributed by atoms with E-state index in [2.05, 4.69) is 40.3 Å². The number of hydrogen-bond donors (Lipinski definition) is 0. The van der Waals surface area contributed by atoms with Gasteiger partial charge in [-0.05, 0) is 38.5 Å². The summed E-state index contributed by atoms with van der Waals surface area (Å²) in [5, 5.41) is 2.08. The van der Waals surface area contributed by atoms with Crippen molar-refractivity contribution in [1.82, 2.24) is 0 Å². The zero-order valence-corrected chi connectivity index (χ0v) is 15.0. The Morgan fingerprint density at radius 2 is 1.25 bits per heavy atom. The quantitative estimate of drug-likeness (QED) is 0.220. The highest BCUT2D eigenvalue weighted by Crippen LogP contribution is 2.10. The lowest BCUT2D eigenvalue weighted by Crippen LogP contribution is -1.97. The van der Waals surface area contributed by atoms with Crippen LogP contribution in [0.5, 0.6) is 0 Å². The molecule has 1 nitrogen and oxygen atoms in total. The topological polar surface area (TPSA) is 9.23 Å². The summed E-state index contributed by atoms with van der Waals surface area (Å²) < 4.78 is 5.68. The van der Waals surface area contributed by atoms with Crippen molar-refractivity contribution in [2.45, 2.75) is 84.0 Å². The third-order valence-corrected chi connectivity index (χ3v) is 3.87. The van der Waals surface area contributed by atoms with E-state index in [0.29, 0.717) is 0 Å². The summed E-state index contributed by atoms with van der Waals surface area (Å²) in [6.07, 6.45) is 20.0. The molecule has 0 aromatic carbocycles. The zero-order valence-electron chi connectivity index (χ0n) is 13.4. The highest BCUT2D eigenvalue weighted by molar-refractivity contribution is 9.10. The molecule has 0 aliphatic carbocycles. The summed E-state index contributed by atoms with van der Waals surface area (Å²) in [7, 11) is 0. The third-order valence-electron chi connectivity index (χ3n) is 3.41. The highest BCUT2D eigenvalue weighted by Gasteiger charge is 1.93. The minimum atomic E-state index is 0.957. The van der Waals surface area contributed by atoms with Gasteiger partial charge in [-0.25, -0.2) is 0 Å². The van der Waals surface area contributed by atoms with Crippen LogP contribution < -0.4 is 0 Å². The zero-order chi connectivity index (χ0) is 14.7. The summed E-state index contributed by atoms with van der Waals surface area (Å²) >= 11 is 3.35. The molecule has 0 saturated heterocycles. The Morgan fingerprint density at radius 3 is 1.90 bits per heavy atom. The molecular formula is C18H34BrO. The lowest BCUT2D eigenvalue weighted by Gasteiger charge is -2.04. The predicted octanol–water partition coefficient (Wildman–Crippen LogP) is 6.82. The Hall–Kier alpha value is 0.180. The molecule has 0 heterocycles. The van der Waals surface area contributed by atoms with E-state index in [4.69, 9.17) is 4.74 Å². The molecule has 0 aliphatic rings. The fourth-order valence-electron chi connectivity index (χ4n) is 2.16. The van der Waals surface area contributed by atoms with Gasteiger partial charge in [-0.2, -0.15) is 0 Å². The van der Waals surface area contributed by atoms with E-state index in [-0.39, 0.29) is 0 Å². The van der Waals surface area contributed by atoms with E-state index in [1.54, 1.807) is 0 Å². The minimum absolute atomic E-state index is 0.957. The molecule has 0 aliphatic heterocycles. The number of halogens is 1. The second-order valence-electron chi connectivity index (χ2n) is 5.41. The standard InChI is InChI=1S/C18H34BrO/c1-2-3-4-5-8-11-14-17-20-18-15-12-9-6-7-10-13-16-19/h3-4,16H,2,5-15,17-18H2,1H3/b4-3-. The van der Waals surface area contributed by atoms with Gasteiger partial charge in [-0.3, -0.25) is 0 Å². The van der Waals surface area contributed by atoms with E-state index in [0.717, 1.165) is 19.6 Å². The van der Waals surface area contributed by atoms with Crippen LogP contribution in [0, 0.1) is 5.33 Å². The molecule has 0 N–H and O–H groups in total. The Labute approximate surface area is 135 Å². The normalized spacial score (nSPS) is 11.5. The van der Waals surface area contributed by atoms with Crippen molar-refractivity contribution in [1.29, 1.82) is 0 Å². The lowest BCUT2D eigenvalue weighted by atomic mass is 10.1. The van der Waals surface area contributed by atoms with Gasteiger partial charge in [0.1, 0.15) is 0 Å². The van der Waals surface area contributed by atoms with Crippen molar-refractivity contribution in [2.75, 3.05) is 13.2 Å². The number of unbranched alkanes of at least 4 members (excludes halogenated alkanes) is 9. The minimum Gasteiger partial charge on any atom is -0.381 e. The Morgan fingerprint density at radius 1 is 0.700 bits per heavy atom. The molecule has 0 fully saturated rings. The van der Waals surface area contributed by atoms with Gasteiger partial charge >= 0.3 is 0 Å². The predicted molar refractivity (Wildman–Crippen MR) is 94.3 cm³/mol. The maximum Gasteiger partial charge on any atom is 0.0466 e. The van der Waals surface area contributed by atoms with Crippen molar-refractivity contribution in [3.8, 4) is 0 Å². The maximum atomic E-state index is 5.68. The Kier molecular flexibility index (Phi) is 19.4. The molecule has 1 radical (unpaired) electrons. The summed E-state index contributed by atoms with van der Waals surface area (Å²) in [4.78, 5) is 0. The highest BCUT2D eigenvalue weighted by atomic mass is 79.9. The molecular weight excluding hydrogens is 312 g/mol. The molecule has 20 heavy (non-hydrogen) atoms. The van der Waals surface area contributed by atoms with Crippen molar-refractivity contribution in [3.05, 3.63) is 17.5 Å². The molecule has 0 aromatic heterocycles. The Balaban J connectivity index is 2.94. The first-order chi connectivity index (χ1) is 9.91. The van der Waals surface area contributed by atoms with Gasteiger partial charge in [0.2, 0.25) is 0 Å². The summed E-state index contributed by atoms with van der Waals surface area (Å²) in [6, 6.07) is 0. The molecule has 119 valence electrons. The number of allylic oxidation sites excluding steroid dienone is 2. The van der Waals surface area contributed by atoms with Gasteiger partial charge in [0, 0.05) is 18.5 Å². The first kappa shape index (κ1) is 20.2. The van der Waals surface area contributed by atoms with Crippen LogP contribution in [0.1, 0.15) is 84.0 Å².